The first kappa shape index (κ1) is 29.0. The number of halogens is 2. The van der Waals surface area contributed by atoms with Gasteiger partial charge >= 0.3 is 6.03 Å². The molecule has 1 fully saturated rings. The quantitative estimate of drug-likeness (QED) is 0.264. The predicted octanol–water partition coefficient (Wildman–Crippen LogP) is 5.85. The molecule has 0 unspecified atom stereocenters. The summed E-state index contributed by atoms with van der Waals surface area (Å²) < 4.78 is 17.8. The number of carbonyl (C=O) groups excluding carboxylic acids is 1. The number of amides is 2. The second-order valence-electron chi connectivity index (χ2n) is 9.51. The number of methoxy groups -OCH3 is 2. The highest BCUT2D eigenvalue weighted by atomic mass is 79.9. The van der Waals surface area contributed by atoms with Crippen molar-refractivity contribution in [2.45, 2.75) is 31.6 Å². The molecule has 0 aromatic heterocycles. The Balaban J connectivity index is 1.29. The molecule has 1 aliphatic heterocycles. The number of benzene rings is 3. The fraction of sp³-hybridized carbons (Fsp3) is 0.345. The van der Waals surface area contributed by atoms with E-state index in [1.54, 1.807) is 18.2 Å². The fourth-order valence-corrected chi connectivity index (χ4v) is 5.01. The van der Waals surface area contributed by atoms with Crippen LogP contribution in [0, 0.1) is 0 Å². The number of hydrogen-bond donors (Lipinski definition) is 3. The van der Waals surface area contributed by atoms with Gasteiger partial charge in [-0.25, -0.2) is 4.79 Å². The lowest BCUT2D eigenvalue weighted by Crippen LogP contribution is -2.51. The minimum atomic E-state index is -0.996. The number of nitrogens with one attached hydrogen (secondary N) is 2. The summed E-state index contributed by atoms with van der Waals surface area (Å²) in [6.07, 6.45) is 1.06. The van der Waals surface area contributed by atoms with E-state index in [1.807, 2.05) is 36.4 Å². The number of carbonyl (C=O) groups is 1. The molecule has 3 N–H and O–H groups in total. The van der Waals surface area contributed by atoms with Crippen molar-refractivity contribution >= 4 is 39.2 Å². The molecule has 1 aliphatic rings. The third kappa shape index (κ3) is 8.02. The van der Waals surface area contributed by atoms with Crippen LogP contribution >= 0.6 is 27.5 Å². The Labute approximate surface area is 242 Å². The number of likely N-dealkylation sites (tertiary alicyclic amines) is 1. The van der Waals surface area contributed by atoms with Crippen molar-refractivity contribution < 1.29 is 24.1 Å². The monoisotopic (exact) mass is 617 g/mol. The molecule has 0 atom stereocenters. The van der Waals surface area contributed by atoms with Crippen LogP contribution in [0.2, 0.25) is 5.02 Å². The molecule has 10 heteroatoms. The third-order valence-corrected chi connectivity index (χ3v) is 7.50. The average Bonchev–Trinajstić information content (AvgIpc) is 2.94. The van der Waals surface area contributed by atoms with Crippen molar-refractivity contribution in [3.05, 3.63) is 81.3 Å². The van der Waals surface area contributed by atoms with Crippen molar-refractivity contribution in [2.24, 2.45) is 0 Å². The number of para-hydroxylation sites is 1. The number of urea groups is 1. The highest BCUT2D eigenvalue weighted by Crippen LogP contribution is 2.34. The molecule has 0 saturated carbocycles. The molecule has 4 rings (SSSR count). The van der Waals surface area contributed by atoms with Gasteiger partial charge < -0.3 is 30.0 Å². The molecule has 3 aromatic rings. The molecule has 8 nitrogen and oxygen atoms in total. The van der Waals surface area contributed by atoms with E-state index in [-0.39, 0.29) is 6.54 Å². The maximum atomic E-state index is 12.6. The van der Waals surface area contributed by atoms with Gasteiger partial charge in [0.2, 0.25) is 0 Å². The number of rotatable bonds is 10. The summed E-state index contributed by atoms with van der Waals surface area (Å²) in [5.74, 6) is 1.79. The fourth-order valence-electron chi connectivity index (χ4n) is 4.48. The van der Waals surface area contributed by atoms with Gasteiger partial charge in [-0.05, 0) is 60.9 Å². The first-order valence-corrected chi connectivity index (χ1v) is 13.8. The lowest BCUT2D eigenvalue weighted by Gasteiger charge is -2.38. The highest BCUT2D eigenvalue weighted by Gasteiger charge is 2.33. The maximum Gasteiger partial charge on any atom is 0.319 e. The Morgan fingerprint density at radius 3 is 2.33 bits per heavy atom. The Bertz CT molecular complexity index is 1240. The standard InChI is InChI=1S/C29H33BrClN3O5/c1-37-25-4-3-5-26(38-2)27(25)33-28(35)32-19-29(36)12-14-34(15-13-29)17-21-16-22(30)8-11-24(21)39-18-20-6-9-23(31)10-7-20/h3-11,16,36H,12-15,17-19H2,1-2H3,(H2,32,33,35). The van der Waals surface area contributed by atoms with Crippen molar-refractivity contribution in [1.29, 1.82) is 0 Å². The second kappa shape index (κ2) is 13.4. The van der Waals surface area contributed by atoms with Crippen molar-refractivity contribution in [2.75, 3.05) is 39.2 Å². The molecule has 0 spiro atoms. The predicted molar refractivity (Wildman–Crippen MR) is 156 cm³/mol. The lowest BCUT2D eigenvalue weighted by atomic mass is 9.91. The van der Waals surface area contributed by atoms with E-state index in [2.05, 4.69) is 37.5 Å². The minimum Gasteiger partial charge on any atom is -0.494 e. The molecule has 0 aliphatic carbocycles. The molecule has 1 saturated heterocycles. The molecule has 0 radical (unpaired) electrons. The summed E-state index contributed by atoms with van der Waals surface area (Å²) in [7, 11) is 3.05. The van der Waals surface area contributed by atoms with Crippen molar-refractivity contribution in [1.82, 2.24) is 10.2 Å². The Morgan fingerprint density at radius 2 is 1.69 bits per heavy atom. The average molecular weight is 619 g/mol. The van der Waals surface area contributed by atoms with Gasteiger partial charge in [0.25, 0.3) is 0 Å². The Hall–Kier alpha value is -2.98. The SMILES string of the molecule is COc1cccc(OC)c1NC(=O)NCC1(O)CCN(Cc2cc(Br)ccc2OCc2ccc(Cl)cc2)CC1. The van der Waals surface area contributed by atoms with Crippen LogP contribution < -0.4 is 24.8 Å². The summed E-state index contributed by atoms with van der Waals surface area (Å²) in [5.41, 5.74) is 1.54. The van der Waals surface area contributed by atoms with E-state index in [9.17, 15) is 9.90 Å². The molecular formula is C29H33BrClN3O5. The van der Waals surface area contributed by atoms with Crippen LogP contribution in [-0.4, -0.2) is 55.5 Å². The Morgan fingerprint density at radius 1 is 1.03 bits per heavy atom. The molecule has 1 heterocycles. The van der Waals surface area contributed by atoms with Gasteiger partial charge in [-0.3, -0.25) is 4.90 Å². The van der Waals surface area contributed by atoms with E-state index in [4.69, 9.17) is 25.8 Å². The molecular weight excluding hydrogens is 586 g/mol. The molecule has 208 valence electrons. The van der Waals surface area contributed by atoms with E-state index < -0.39 is 11.6 Å². The van der Waals surface area contributed by atoms with E-state index in [0.717, 1.165) is 21.3 Å². The summed E-state index contributed by atoms with van der Waals surface area (Å²) in [4.78, 5) is 14.9. The summed E-state index contributed by atoms with van der Waals surface area (Å²) in [6.45, 7) is 2.63. The number of anilines is 1. The number of nitrogens with zero attached hydrogens (tertiary/aromatic N) is 1. The smallest absolute Gasteiger partial charge is 0.319 e. The van der Waals surface area contributed by atoms with Gasteiger partial charge in [-0.15, -0.1) is 0 Å². The minimum absolute atomic E-state index is 0.135. The van der Waals surface area contributed by atoms with Gasteiger partial charge in [0, 0.05) is 41.2 Å². The summed E-state index contributed by atoms with van der Waals surface area (Å²) >= 11 is 9.56. The van der Waals surface area contributed by atoms with Crippen LogP contribution in [0.1, 0.15) is 24.0 Å². The molecule has 2 amide bonds. The van der Waals surface area contributed by atoms with Gasteiger partial charge in [0.05, 0.1) is 19.8 Å². The van der Waals surface area contributed by atoms with Crippen molar-refractivity contribution in [3.63, 3.8) is 0 Å². The van der Waals surface area contributed by atoms with Gasteiger partial charge in [-0.1, -0.05) is 45.7 Å². The lowest BCUT2D eigenvalue weighted by molar-refractivity contribution is -0.0196. The van der Waals surface area contributed by atoms with Crippen molar-refractivity contribution in [3.8, 4) is 17.2 Å². The molecule has 39 heavy (non-hydrogen) atoms. The normalized spacial score (nSPS) is 14.9. The summed E-state index contributed by atoms with van der Waals surface area (Å²) in [5, 5.41) is 17.4. The zero-order valence-electron chi connectivity index (χ0n) is 22.0. The van der Waals surface area contributed by atoms with Crippen LogP contribution in [0.15, 0.2) is 65.1 Å². The van der Waals surface area contributed by atoms with Crippen LogP contribution in [0.5, 0.6) is 17.2 Å². The largest absolute Gasteiger partial charge is 0.494 e. The number of aliphatic hydroxyl groups is 1. The van der Waals surface area contributed by atoms with Crippen LogP contribution in [0.25, 0.3) is 0 Å². The second-order valence-corrected chi connectivity index (χ2v) is 10.9. The molecule has 3 aromatic carbocycles. The first-order valence-electron chi connectivity index (χ1n) is 12.6. The van der Waals surface area contributed by atoms with Gasteiger partial charge in [-0.2, -0.15) is 0 Å². The topological polar surface area (TPSA) is 92.3 Å². The van der Waals surface area contributed by atoms with Crippen LogP contribution in [0.4, 0.5) is 10.5 Å². The van der Waals surface area contributed by atoms with E-state index in [0.29, 0.717) is 61.3 Å². The summed E-state index contributed by atoms with van der Waals surface area (Å²) in [6, 6.07) is 18.4. The number of ether oxygens (including phenoxy) is 3. The van der Waals surface area contributed by atoms with Gasteiger partial charge in [0.15, 0.2) is 0 Å². The zero-order valence-corrected chi connectivity index (χ0v) is 24.3. The zero-order chi connectivity index (χ0) is 27.8. The highest BCUT2D eigenvalue weighted by molar-refractivity contribution is 9.10. The van der Waals surface area contributed by atoms with E-state index in [1.165, 1.54) is 14.2 Å². The third-order valence-electron chi connectivity index (χ3n) is 6.76. The van der Waals surface area contributed by atoms with E-state index >= 15 is 0 Å². The maximum absolute atomic E-state index is 12.6. The van der Waals surface area contributed by atoms with Gasteiger partial charge in [0.1, 0.15) is 29.5 Å². The number of hydrogen-bond acceptors (Lipinski definition) is 6. The van der Waals surface area contributed by atoms with Crippen LogP contribution in [0.3, 0.4) is 0 Å². The number of piperidine rings is 1. The Kier molecular flexibility index (Phi) is 9.96. The first-order chi connectivity index (χ1) is 18.8. The van der Waals surface area contributed by atoms with Crippen LogP contribution in [-0.2, 0) is 13.2 Å². The molecule has 0 bridgehead atoms.